The fourth-order valence-electron chi connectivity index (χ4n) is 7.54. The Labute approximate surface area is 301 Å². The summed E-state index contributed by atoms with van der Waals surface area (Å²) < 4.78 is 0. The Morgan fingerprint density at radius 3 is 1.08 bits per heavy atom. The molecule has 0 radical (unpaired) electrons. The van der Waals surface area contributed by atoms with Gasteiger partial charge in [0.1, 0.15) is 0 Å². The van der Waals surface area contributed by atoms with E-state index < -0.39 is 0 Å². The minimum absolute atomic E-state index is 0.644. The van der Waals surface area contributed by atoms with Crippen molar-refractivity contribution >= 4 is 43.1 Å². The van der Waals surface area contributed by atoms with Crippen LogP contribution in [0.2, 0.25) is 0 Å². The third-order valence-electron chi connectivity index (χ3n) is 10.1. The molecule has 0 amide bonds. The van der Waals surface area contributed by atoms with E-state index in [9.17, 15) is 0 Å². The zero-order valence-electron chi connectivity index (χ0n) is 28.2. The molecule has 0 bridgehead atoms. The Hall–Kier alpha value is -6.97. The van der Waals surface area contributed by atoms with Crippen LogP contribution in [-0.2, 0) is 0 Å². The van der Waals surface area contributed by atoms with Crippen LogP contribution in [0.4, 0.5) is 0 Å². The molecule has 0 spiro atoms. The summed E-state index contributed by atoms with van der Waals surface area (Å²) >= 11 is 0. The number of aromatic nitrogens is 3. The summed E-state index contributed by atoms with van der Waals surface area (Å²) in [5, 5.41) is 9.42. The lowest BCUT2D eigenvalue weighted by atomic mass is 9.93. The quantitative estimate of drug-likeness (QED) is 0.184. The Morgan fingerprint density at radius 1 is 0.231 bits per heavy atom. The normalized spacial score (nSPS) is 11.5. The second-order valence-electron chi connectivity index (χ2n) is 13.2. The van der Waals surface area contributed by atoms with Gasteiger partial charge in [0.25, 0.3) is 0 Å². The summed E-state index contributed by atoms with van der Waals surface area (Å²) in [6.45, 7) is 0. The van der Waals surface area contributed by atoms with Gasteiger partial charge in [0, 0.05) is 16.7 Å². The lowest BCUT2D eigenvalue weighted by Crippen LogP contribution is -2.01. The molecule has 52 heavy (non-hydrogen) atoms. The van der Waals surface area contributed by atoms with Crippen LogP contribution in [0.3, 0.4) is 0 Å². The lowest BCUT2D eigenvalue weighted by molar-refractivity contribution is 1.08. The molecular formula is C49H31N3. The molecule has 0 aliphatic heterocycles. The molecule has 1 aromatic heterocycles. The fraction of sp³-hybridized carbons (Fsp3) is 0. The van der Waals surface area contributed by atoms with Crippen molar-refractivity contribution in [1.82, 2.24) is 15.0 Å². The van der Waals surface area contributed by atoms with E-state index in [4.69, 9.17) is 15.0 Å². The Balaban J connectivity index is 1.17. The van der Waals surface area contributed by atoms with Gasteiger partial charge in [-0.05, 0) is 89.6 Å². The summed E-state index contributed by atoms with van der Waals surface area (Å²) in [6.07, 6.45) is 0. The summed E-state index contributed by atoms with van der Waals surface area (Å²) in [6, 6.07) is 66.5. The second-order valence-corrected chi connectivity index (χ2v) is 13.2. The second kappa shape index (κ2) is 12.4. The van der Waals surface area contributed by atoms with Crippen LogP contribution in [-0.4, -0.2) is 15.0 Å². The highest BCUT2D eigenvalue weighted by Gasteiger charge is 2.18. The maximum absolute atomic E-state index is 5.26. The van der Waals surface area contributed by atoms with E-state index in [0.29, 0.717) is 17.5 Å². The predicted molar refractivity (Wildman–Crippen MR) is 217 cm³/mol. The highest BCUT2D eigenvalue weighted by atomic mass is 15.0. The van der Waals surface area contributed by atoms with Crippen molar-refractivity contribution < 1.29 is 0 Å². The molecule has 0 saturated heterocycles. The van der Waals surface area contributed by atoms with Crippen molar-refractivity contribution in [3.63, 3.8) is 0 Å². The average molecular weight is 662 g/mol. The number of hydrogen-bond donors (Lipinski definition) is 0. The number of benzene rings is 9. The van der Waals surface area contributed by atoms with Crippen LogP contribution >= 0.6 is 0 Å². The third kappa shape index (κ3) is 5.19. The molecule has 10 aromatic rings. The average Bonchev–Trinajstić information content (AvgIpc) is 3.22. The van der Waals surface area contributed by atoms with Gasteiger partial charge in [-0.2, -0.15) is 0 Å². The first kappa shape index (κ1) is 29.9. The molecule has 0 atom stereocenters. The van der Waals surface area contributed by atoms with Crippen molar-refractivity contribution in [2.75, 3.05) is 0 Å². The van der Waals surface area contributed by atoms with Crippen LogP contribution in [0, 0.1) is 0 Å². The minimum atomic E-state index is 0.644. The molecule has 10 rings (SSSR count). The van der Waals surface area contributed by atoms with Crippen molar-refractivity contribution in [2.45, 2.75) is 0 Å². The van der Waals surface area contributed by atoms with Gasteiger partial charge < -0.3 is 0 Å². The first-order valence-electron chi connectivity index (χ1n) is 17.6. The van der Waals surface area contributed by atoms with Crippen LogP contribution in [0.25, 0.3) is 99.5 Å². The third-order valence-corrected chi connectivity index (χ3v) is 10.1. The van der Waals surface area contributed by atoms with E-state index >= 15 is 0 Å². The predicted octanol–water partition coefficient (Wildman–Crippen LogP) is 12.8. The van der Waals surface area contributed by atoms with Gasteiger partial charge in [-0.3, -0.25) is 0 Å². The molecule has 0 aliphatic carbocycles. The number of hydrogen-bond acceptors (Lipinski definition) is 3. The van der Waals surface area contributed by atoms with Crippen molar-refractivity contribution in [1.29, 1.82) is 0 Å². The Kier molecular flexibility index (Phi) is 7.14. The summed E-state index contributed by atoms with van der Waals surface area (Å²) in [4.78, 5) is 15.6. The maximum atomic E-state index is 5.26. The van der Waals surface area contributed by atoms with Crippen LogP contribution in [0.15, 0.2) is 188 Å². The monoisotopic (exact) mass is 661 g/mol. The summed E-state index contributed by atoms with van der Waals surface area (Å²) in [5.41, 5.74) is 7.61. The first-order chi connectivity index (χ1) is 25.8. The fourth-order valence-corrected chi connectivity index (χ4v) is 7.54. The summed E-state index contributed by atoms with van der Waals surface area (Å²) in [5.74, 6) is 1.94. The van der Waals surface area contributed by atoms with E-state index in [1.807, 2.05) is 18.2 Å². The Morgan fingerprint density at radius 2 is 0.596 bits per heavy atom. The smallest absolute Gasteiger partial charge is 0.164 e. The highest BCUT2D eigenvalue weighted by Crippen LogP contribution is 2.39. The van der Waals surface area contributed by atoms with Gasteiger partial charge in [0.2, 0.25) is 0 Å². The molecule has 242 valence electrons. The zero-order valence-corrected chi connectivity index (χ0v) is 28.2. The van der Waals surface area contributed by atoms with Crippen LogP contribution < -0.4 is 0 Å². The van der Waals surface area contributed by atoms with Gasteiger partial charge in [-0.15, -0.1) is 0 Å². The minimum Gasteiger partial charge on any atom is -0.208 e. The summed E-state index contributed by atoms with van der Waals surface area (Å²) in [7, 11) is 0. The zero-order chi connectivity index (χ0) is 34.4. The van der Waals surface area contributed by atoms with Gasteiger partial charge in [0.05, 0.1) is 0 Å². The van der Waals surface area contributed by atoms with Gasteiger partial charge in [0.15, 0.2) is 17.5 Å². The molecule has 3 heteroatoms. The highest BCUT2D eigenvalue weighted by molar-refractivity contribution is 6.07. The molecule has 0 fully saturated rings. The van der Waals surface area contributed by atoms with E-state index in [1.54, 1.807) is 0 Å². The van der Waals surface area contributed by atoms with E-state index in [-0.39, 0.29) is 0 Å². The largest absolute Gasteiger partial charge is 0.208 e. The number of rotatable bonds is 5. The molecule has 0 aliphatic rings. The maximum Gasteiger partial charge on any atom is 0.164 e. The molecule has 0 N–H and O–H groups in total. The molecule has 0 unspecified atom stereocenters. The SMILES string of the molecule is c1ccc(-c2nc(-c3ccc(-c4ccc5ccccc5c4)c4ccccc34)nc(-c3ccc(-c4ccc5ccccc5c4)c4ccccc34)n2)cc1. The molecular weight excluding hydrogens is 631 g/mol. The van der Waals surface area contributed by atoms with Crippen LogP contribution in [0.1, 0.15) is 0 Å². The number of fused-ring (bicyclic) bond motifs is 4. The van der Waals surface area contributed by atoms with Gasteiger partial charge in [-0.1, -0.05) is 164 Å². The number of nitrogens with zero attached hydrogens (tertiary/aromatic N) is 3. The lowest BCUT2D eigenvalue weighted by Gasteiger charge is -2.15. The van der Waals surface area contributed by atoms with Crippen molar-refractivity contribution in [3.8, 4) is 56.4 Å². The van der Waals surface area contributed by atoms with E-state index in [1.165, 1.54) is 43.8 Å². The molecule has 3 nitrogen and oxygen atoms in total. The van der Waals surface area contributed by atoms with Gasteiger partial charge >= 0.3 is 0 Å². The van der Waals surface area contributed by atoms with Crippen molar-refractivity contribution in [3.05, 3.63) is 188 Å². The van der Waals surface area contributed by atoms with E-state index in [2.05, 4.69) is 170 Å². The Bertz CT molecular complexity index is 2790. The topological polar surface area (TPSA) is 38.7 Å². The molecule has 9 aromatic carbocycles. The molecule has 1 heterocycles. The first-order valence-corrected chi connectivity index (χ1v) is 17.6. The van der Waals surface area contributed by atoms with Crippen molar-refractivity contribution in [2.24, 2.45) is 0 Å². The van der Waals surface area contributed by atoms with Gasteiger partial charge in [-0.25, -0.2) is 15.0 Å². The van der Waals surface area contributed by atoms with Crippen LogP contribution in [0.5, 0.6) is 0 Å². The molecule has 0 saturated carbocycles. The standard InChI is InChI=1S/C49H31N3/c1-2-14-34(15-3-1)47-50-48(45-28-26-39(41-18-8-10-20-43(41)45)37-24-22-32-12-4-6-16-35(32)30-37)52-49(51-47)46-29-27-40(42-19-9-11-21-44(42)46)38-25-23-33-13-5-7-17-36(33)31-38/h1-31H. The van der Waals surface area contributed by atoms with E-state index in [0.717, 1.165) is 38.2 Å².